The van der Waals surface area contributed by atoms with Crippen molar-refractivity contribution in [1.82, 2.24) is 4.98 Å². The summed E-state index contributed by atoms with van der Waals surface area (Å²) < 4.78 is 0. The van der Waals surface area contributed by atoms with Gasteiger partial charge in [-0.1, -0.05) is 36.4 Å². The van der Waals surface area contributed by atoms with E-state index < -0.39 is 0 Å². The van der Waals surface area contributed by atoms with Crippen LogP contribution in [0.5, 0.6) is 0 Å². The minimum Gasteiger partial charge on any atom is -0.341 e. The van der Waals surface area contributed by atoms with E-state index in [9.17, 15) is 4.79 Å². The summed E-state index contributed by atoms with van der Waals surface area (Å²) in [7, 11) is 0. The fraction of sp³-hybridized carbons (Fsp3) is 0.182. The lowest BCUT2D eigenvalue weighted by Gasteiger charge is -2.20. The van der Waals surface area contributed by atoms with Crippen molar-refractivity contribution in [2.45, 2.75) is 20.3 Å². The van der Waals surface area contributed by atoms with Gasteiger partial charge in [0.15, 0.2) is 0 Å². The van der Waals surface area contributed by atoms with Gasteiger partial charge >= 0.3 is 0 Å². The summed E-state index contributed by atoms with van der Waals surface area (Å²) >= 11 is 0. The molecular weight excluding hydrogens is 322 g/mol. The smallest absolute Gasteiger partial charge is 0.274 e. The van der Waals surface area contributed by atoms with Crippen LogP contribution in [0.25, 0.3) is 0 Å². The number of hydrogen-bond donors (Lipinski definition) is 1. The molecular formula is C22H21N3O. The molecule has 1 aliphatic rings. The number of carbonyl (C=O) groups is 1. The topological polar surface area (TPSA) is 45.2 Å². The van der Waals surface area contributed by atoms with E-state index in [0.29, 0.717) is 5.69 Å². The van der Waals surface area contributed by atoms with Crippen molar-refractivity contribution in [3.05, 3.63) is 83.2 Å². The van der Waals surface area contributed by atoms with Gasteiger partial charge in [0, 0.05) is 29.8 Å². The van der Waals surface area contributed by atoms with Crippen LogP contribution in [0.1, 0.15) is 27.2 Å². The number of pyridine rings is 1. The maximum atomic E-state index is 12.7. The molecule has 1 aromatic heterocycles. The quantitative estimate of drug-likeness (QED) is 0.753. The third kappa shape index (κ3) is 2.94. The third-order valence-electron chi connectivity index (χ3n) is 4.89. The molecule has 2 aromatic carbocycles. The van der Waals surface area contributed by atoms with Crippen molar-refractivity contribution < 1.29 is 4.79 Å². The third-order valence-corrected chi connectivity index (χ3v) is 4.89. The SMILES string of the molecule is Cc1cccc(C)c1NC(=O)c1cc(N2CCc3ccccc32)ccn1. The Hall–Kier alpha value is -3.14. The number of carbonyl (C=O) groups excluding carboxylic acids is 1. The second-order valence-corrected chi connectivity index (χ2v) is 6.65. The number of para-hydroxylation sites is 2. The summed E-state index contributed by atoms with van der Waals surface area (Å²) in [6.07, 6.45) is 2.72. The van der Waals surface area contributed by atoms with Crippen LogP contribution in [-0.2, 0) is 6.42 Å². The van der Waals surface area contributed by atoms with E-state index in [0.717, 1.165) is 35.5 Å². The fourth-order valence-corrected chi connectivity index (χ4v) is 3.51. The first-order chi connectivity index (χ1) is 12.6. The van der Waals surface area contributed by atoms with Crippen LogP contribution in [0.2, 0.25) is 0 Å². The lowest BCUT2D eigenvalue weighted by atomic mass is 10.1. The van der Waals surface area contributed by atoms with Gasteiger partial charge in [0.1, 0.15) is 5.69 Å². The van der Waals surface area contributed by atoms with Crippen LogP contribution >= 0.6 is 0 Å². The molecule has 0 aliphatic carbocycles. The number of anilines is 3. The zero-order chi connectivity index (χ0) is 18.1. The first-order valence-corrected chi connectivity index (χ1v) is 8.82. The van der Waals surface area contributed by atoms with Gasteiger partial charge in [-0.15, -0.1) is 0 Å². The predicted molar refractivity (Wildman–Crippen MR) is 105 cm³/mol. The molecule has 0 fully saturated rings. The molecule has 2 heterocycles. The normalized spacial score (nSPS) is 12.8. The Labute approximate surface area is 153 Å². The van der Waals surface area contributed by atoms with E-state index >= 15 is 0 Å². The van der Waals surface area contributed by atoms with E-state index in [1.165, 1.54) is 11.3 Å². The number of rotatable bonds is 3. The molecule has 0 saturated heterocycles. The standard InChI is InChI=1S/C22H21N3O/c1-15-6-5-7-16(2)21(15)24-22(26)19-14-18(10-12-23-19)25-13-11-17-8-3-4-9-20(17)25/h3-10,12,14H,11,13H2,1-2H3,(H,24,26). The molecule has 0 spiro atoms. The van der Waals surface area contributed by atoms with E-state index in [1.807, 2.05) is 50.2 Å². The average molecular weight is 343 g/mol. The molecule has 1 amide bonds. The molecule has 1 aliphatic heterocycles. The van der Waals surface area contributed by atoms with Gasteiger partial charge in [-0.25, -0.2) is 0 Å². The van der Waals surface area contributed by atoms with E-state index in [4.69, 9.17) is 0 Å². The Morgan fingerprint density at radius 3 is 2.62 bits per heavy atom. The highest BCUT2D eigenvalue weighted by atomic mass is 16.1. The van der Waals surface area contributed by atoms with Crippen molar-refractivity contribution in [3.8, 4) is 0 Å². The van der Waals surface area contributed by atoms with Crippen molar-refractivity contribution in [2.24, 2.45) is 0 Å². The van der Waals surface area contributed by atoms with E-state index in [1.54, 1.807) is 6.20 Å². The minimum absolute atomic E-state index is 0.184. The Morgan fingerprint density at radius 1 is 1.04 bits per heavy atom. The van der Waals surface area contributed by atoms with Gasteiger partial charge in [0.25, 0.3) is 5.91 Å². The van der Waals surface area contributed by atoms with E-state index in [2.05, 4.69) is 33.4 Å². The second kappa shape index (κ2) is 6.64. The maximum Gasteiger partial charge on any atom is 0.274 e. The lowest BCUT2D eigenvalue weighted by Crippen LogP contribution is -2.18. The number of fused-ring (bicyclic) bond motifs is 1. The second-order valence-electron chi connectivity index (χ2n) is 6.65. The molecule has 3 aromatic rings. The molecule has 0 atom stereocenters. The number of hydrogen-bond acceptors (Lipinski definition) is 3. The Balaban J connectivity index is 1.61. The Kier molecular flexibility index (Phi) is 4.17. The number of nitrogens with one attached hydrogen (secondary N) is 1. The monoisotopic (exact) mass is 343 g/mol. The van der Waals surface area contributed by atoms with Crippen molar-refractivity contribution >= 4 is 23.0 Å². The molecule has 0 bridgehead atoms. The molecule has 4 heteroatoms. The zero-order valence-corrected chi connectivity index (χ0v) is 15.0. The number of amides is 1. The molecule has 130 valence electrons. The van der Waals surface area contributed by atoms with Gasteiger partial charge in [-0.2, -0.15) is 0 Å². The van der Waals surface area contributed by atoms with Gasteiger partial charge in [-0.3, -0.25) is 9.78 Å². The van der Waals surface area contributed by atoms with Crippen molar-refractivity contribution in [1.29, 1.82) is 0 Å². The molecule has 0 unspecified atom stereocenters. The first-order valence-electron chi connectivity index (χ1n) is 8.82. The van der Waals surface area contributed by atoms with Crippen LogP contribution in [0, 0.1) is 13.8 Å². The lowest BCUT2D eigenvalue weighted by molar-refractivity contribution is 0.102. The van der Waals surface area contributed by atoms with Crippen molar-refractivity contribution in [3.63, 3.8) is 0 Å². The largest absolute Gasteiger partial charge is 0.341 e. The van der Waals surface area contributed by atoms with Crippen LogP contribution in [0.3, 0.4) is 0 Å². The number of aromatic nitrogens is 1. The van der Waals surface area contributed by atoms with Gasteiger partial charge < -0.3 is 10.2 Å². The summed E-state index contributed by atoms with van der Waals surface area (Å²) in [5.41, 5.74) is 6.92. The maximum absolute atomic E-state index is 12.7. The van der Waals surface area contributed by atoms with E-state index in [-0.39, 0.29) is 5.91 Å². The number of nitrogens with zero attached hydrogens (tertiary/aromatic N) is 2. The van der Waals surface area contributed by atoms with Crippen LogP contribution < -0.4 is 10.2 Å². The predicted octanol–water partition coefficient (Wildman–Crippen LogP) is 4.64. The highest BCUT2D eigenvalue weighted by molar-refractivity contribution is 6.04. The van der Waals surface area contributed by atoms with Crippen LogP contribution in [-0.4, -0.2) is 17.4 Å². The Bertz CT molecular complexity index is 960. The highest BCUT2D eigenvalue weighted by Crippen LogP contribution is 2.34. The summed E-state index contributed by atoms with van der Waals surface area (Å²) in [5.74, 6) is -0.184. The van der Waals surface area contributed by atoms with Crippen LogP contribution in [0.15, 0.2) is 60.8 Å². The van der Waals surface area contributed by atoms with Gasteiger partial charge in [0.2, 0.25) is 0 Å². The molecule has 4 nitrogen and oxygen atoms in total. The summed E-state index contributed by atoms with van der Waals surface area (Å²) in [5, 5.41) is 3.01. The highest BCUT2D eigenvalue weighted by Gasteiger charge is 2.21. The fourth-order valence-electron chi connectivity index (χ4n) is 3.51. The van der Waals surface area contributed by atoms with Crippen LogP contribution in [0.4, 0.5) is 17.1 Å². The molecule has 0 saturated carbocycles. The number of aryl methyl sites for hydroxylation is 2. The Morgan fingerprint density at radius 2 is 1.81 bits per heavy atom. The molecule has 1 N–H and O–H groups in total. The average Bonchev–Trinajstić information content (AvgIpc) is 3.09. The number of benzene rings is 2. The summed E-state index contributed by atoms with van der Waals surface area (Å²) in [6, 6.07) is 18.2. The summed E-state index contributed by atoms with van der Waals surface area (Å²) in [6.45, 7) is 4.91. The zero-order valence-electron chi connectivity index (χ0n) is 15.0. The van der Waals surface area contributed by atoms with Crippen molar-refractivity contribution in [2.75, 3.05) is 16.8 Å². The minimum atomic E-state index is -0.184. The first kappa shape index (κ1) is 16.3. The molecule has 26 heavy (non-hydrogen) atoms. The van der Waals surface area contributed by atoms with Gasteiger partial charge in [-0.05, 0) is 55.2 Å². The molecule has 4 rings (SSSR count). The van der Waals surface area contributed by atoms with Gasteiger partial charge in [0.05, 0.1) is 0 Å². The summed E-state index contributed by atoms with van der Waals surface area (Å²) in [4.78, 5) is 19.3. The molecule has 0 radical (unpaired) electrons.